The van der Waals surface area contributed by atoms with E-state index in [0.717, 1.165) is 12.1 Å². The maximum Gasteiger partial charge on any atom is 0.416 e. The summed E-state index contributed by atoms with van der Waals surface area (Å²) in [7, 11) is 1.43. The minimum Gasteiger partial charge on any atom is -0.405 e. The van der Waals surface area contributed by atoms with Gasteiger partial charge in [0.05, 0.1) is 12.7 Å². The lowest BCUT2D eigenvalue weighted by Crippen LogP contribution is -2.75. The van der Waals surface area contributed by atoms with Gasteiger partial charge in [0.25, 0.3) is 5.91 Å². The summed E-state index contributed by atoms with van der Waals surface area (Å²) in [4.78, 5) is 16.6. The zero-order chi connectivity index (χ0) is 17.5. The lowest BCUT2D eigenvalue weighted by Gasteiger charge is -2.08. The van der Waals surface area contributed by atoms with Gasteiger partial charge in [-0.3, -0.25) is 4.79 Å². The predicted molar refractivity (Wildman–Crippen MR) is 78.0 cm³/mol. The Hall–Kier alpha value is -2.32. The molecule has 5 nitrogen and oxygen atoms in total. The molecular formula is C15H18F3N2O3+. The van der Waals surface area contributed by atoms with Crippen LogP contribution >= 0.6 is 0 Å². The van der Waals surface area contributed by atoms with Crippen LogP contribution in [-0.2, 0) is 11.0 Å². The number of amides is 1. The topological polar surface area (TPSA) is 68.1 Å². The van der Waals surface area contributed by atoms with E-state index in [2.05, 4.69) is 5.32 Å². The molecule has 2 rings (SSSR count). The Bertz CT molecular complexity index is 622. The summed E-state index contributed by atoms with van der Waals surface area (Å²) in [6, 6.07) is 7.09. The Morgan fingerprint density at radius 3 is 2.26 bits per heavy atom. The summed E-state index contributed by atoms with van der Waals surface area (Å²) in [5.74, 6) is -0.182. The van der Waals surface area contributed by atoms with Crippen molar-refractivity contribution in [2.75, 3.05) is 12.4 Å². The first kappa shape index (κ1) is 18.7. The number of carbonyl (C=O) groups is 1. The second kappa shape index (κ2) is 8.35. The Balaban J connectivity index is 0.00000127. The van der Waals surface area contributed by atoms with Crippen LogP contribution in [-0.4, -0.2) is 13.0 Å². The predicted octanol–water partition coefficient (Wildman–Crippen LogP) is 3.33. The molecule has 0 atom stereocenters. The van der Waals surface area contributed by atoms with Crippen LogP contribution in [0.1, 0.15) is 30.0 Å². The SMILES string of the molecule is CC.CO[NH2+]c1ccc(C(=O)Nc2ccc(C(F)(F)F)cc2)o1. The molecule has 8 heteroatoms. The molecule has 3 N–H and O–H groups in total. The third-order valence-corrected chi connectivity index (χ3v) is 2.55. The number of nitrogens with one attached hydrogen (secondary N) is 1. The van der Waals surface area contributed by atoms with Crippen LogP contribution in [0, 0.1) is 0 Å². The van der Waals surface area contributed by atoms with E-state index in [-0.39, 0.29) is 11.4 Å². The molecular weight excluding hydrogens is 313 g/mol. The van der Waals surface area contributed by atoms with Crippen molar-refractivity contribution in [3.05, 3.63) is 47.7 Å². The largest absolute Gasteiger partial charge is 0.416 e. The second-order valence-corrected chi connectivity index (χ2v) is 4.08. The van der Waals surface area contributed by atoms with Crippen LogP contribution in [0.15, 0.2) is 40.8 Å². The van der Waals surface area contributed by atoms with Gasteiger partial charge in [-0.2, -0.15) is 13.2 Å². The van der Waals surface area contributed by atoms with Gasteiger partial charge in [0.15, 0.2) is 5.76 Å². The number of nitrogens with two attached hydrogens (primary N) is 1. The molecule has 0 fully saturated rings. The van der Waals surface area contributed by atoms with Gasteiger partial charge in [-0.25, -0.2) is 4.84 Å². The molecule has 2 aromatic rings. The van der Waals surface area contributed by atoms with Crippen molar-refractivity contribution in [2.24, 2.45) is 0 Å². The van der Waals surface area contributed by atoms with Crippen molar-refractivity contribution in [3.63, 3.8) is 0 Å². The monoisotopic (exact) mass is 331 g/mol. The number of hydrogen-bond acceptors (Lipinski definition) is 3. The first-order valence-corrected chi connectivity index (χ1v) is 6.84. The van der Waals surface area contributed by atoms with Gasteiger partial charge in [-0.15, -0.1) is 5.48 Å². The minimum atomic E-state index is -4.41. The number of hydrogen-bond donors (Lipinski definition) is 2. The summed E-state index contributed by atoms with van der Waals surface area (Å²) in [5.41, 5.74) is 0.770. The number of quaternary nitrogens is 1. The standard InChI is InChI=1S/C13H11F3N2O3.C2H6/c1-20-18-11-7-6-10(21-11)12(19)17-9-4-2-8(3-5-9)13(14,15)16;1-2/h2-7,18H,1H3,(H,17,19);1-2H3/p+1. The maximum atomic E-state index is 12.4. The van der Waals surface area contributed by atoms with Crippen molar-refractivity contribution in [2.45, 2.75) is 20.0 Å². The van der Waals surface area contributed by atoms with Crippen LogP contribution < -0.4 is 10.8 Å². The number of halogens is 3. The van der Waals surface area contributed by atoms with Crippen molar-refractivity contribution in [1.29, 1.82) is 0 Å². The number of anilines is 1. The fraction of sp³-hybridized carbons (Fsp3) is 0.267. The van der Waals surface area contributed by atoms with Crippen molar-refractivity contribution >= 4 is 17.5 Å². The molecule has 0 spiro atoms. The minimum absolute atomic E-state index is 0.0261. The zero-order valence-electron chi connectivity index (χ0n) is 12.9. The number of carbonyl (C=O) groups excluding carboxylic acids is 1. The highest BCUT2D eigenvalue weighted by Gasteiger charge is 2.30. The Kier molecular flexibility index (Phi) is 6.80. The van der Waals surface area contributed by atoms with Crippen LogP contribution in [0.3, 0.4) is 0 Å². The third kappa shape index (κ3) is 5.42. The van der Waals surface area contributed by atoms with E-state index < -0.39 is 17.6 Å². The van der Waals surface area contributed by atoms with Crippen LogP contribution in [0.5, 0.6) is 0 Å². The lowest BCUT2D eigenvalue weighted by atomic mass is 10.2. The molecule has 126 valence electrons. The van der Waals surface area contributed by atoms with Crippen molar-refractivity contribution in [1.82, 2.24) is 0 Å². The maximum absolute atomic E-state index is 12.4. The zero-order valence-corrected chi connectivity index (χ0v) is 12.9. The van der Waals surface area contributed by atoms with E-state index in [1.807, 2.05) is 13.8 Å². The second-order valence-electron chi connectivity index (χ2n) is 4.08. The van der Waals surface area contributed by atoms with Gasteiger partial charge in [0.1, 0.15) is 0 Å². The van der Waals surface area contributed by atoms with Crippen LogP contribution in [0.2, 0.25) is 0 Å². The van der Waals surface area contributed by atoms with E-state index in [1.165, 1.54) is 36.9 Å². The summed E-state index contributed by atoms with van der Waals surface area (Å²) in [6.07, 6.45) is -4.41. The van der Waals surface area contributed by atoms with E-state index in [9.17, 15) is 18.0 Å². The van der Waals surface area contributed by atoms with Gasteiger partial charge in [-0.05, 0) is 30.3 Å². The molecule has 0 bridgehead atoms. The van der Waals surface area contributed by atoms with Crippen LogP contribution in [0.25, 0.3) is 0 Å². The molecule has 0 aliphatic heterocycles. The highest BCUT2D eigenvalue weighted by molar-refractivity contribution is 6.02. The van der Waals surface area contributed by atoms with Gasteiger partial charge >= 0.3 is 12.1 Å². The van der Waals surface area contributed by atoms with E-state index in [1.54, 1.807) is 0 Å². The lowest BCUT2D eigenvalue weighted by molar-refractivity contribution is -0.837. The number of furan rings is 1. The fourth-order valence-corrected chi connectivity index (χ4v) is 1.59. The average molecular weight is 331 g/mol. The average Bonchev–Trinajstić information content (AvgIpc) is 2.98. The molecule has 0 aliphatic rings. The molecule has 1 aromatic heterocycles. The third-order valence-electron chi connectivity index (χ3n) is 2.55. The molecule has 0 unspecified atom stereocenters. The van der Waals surface area contributed by atoms with Crippen molar-refractivity contribution < 1.29 is 32.7 Å². The first-order chi connectivity index (χ1) is 10.9. The summed E-state index contributed by atoms with van der Waals surface area (Å²) in [5, 5.41) is 2.44. The molecule has 23 heavy (non-hydrogen) atoms. The Morgan fingerprint density at radius 1 is 1.13 bits per heavy atom. The highest BCUT2D eigenvalue weighted by Crippen LogP contribution is 2.29. The van der Waals surface area contributed by atoms with Gasteiger partial charge < -0.3 is 9.73 Å². The van der Waals surface area contributed by atoms with Gasteiger partial charge in [0.2, 0.25) is 0 Å². The Morgan fingerprint density at radius 2 is 1.74 bits per heavy atom. The summed E-state index contributed by atoms with van der Waals surface area (Å²) in [6.45, 7) is 4.00. The molecule has 1 aromatic carbocycles. The normalized spacial score (nSPS) is 10.7. The summed E-state index contributed by atoms with van der Waals surface area (Å²) >= 11 is 0. The molecule has 1 heterocycles. The highest BCUT2D eigenvalue weighted by atomic mass is 19.4. The Labute approximate surface area is 131 Å². The first-order valence-electron chi connectivity index (χ1n) is 6.84. The van der Waals surface area contributed by atoms with Gasteiger partial charge in [-0.1, -0.05) is 13.8 Å². The summed E-state index contributed by atoms with van der Waals surface area (Å²) < 4.78 is 42.4. The van der Waals surface area contributed by atoms with Gasteiger partial charge in [0, 0.05) is 11.8 Å². The molecule has 0 aliphatic carbocycles. The van der Waals surface area contributed by atoms with Crippen molar-refractivity contribution in [3.8, 4) is 0 Å². The number of benzene rings is 1. The van der Waals surface area contributed by atoms with E-state index in [4.69, 9.17) is 9.25 Å². The quantitative estimate of drug-likeness (QED) is 0.845. The molecule has 1 amide bonds. The molecule has 0 radical (unpaired) electrons. The van der Waals surface area contributed by atoms with E-state index >= 15 is 0 Å². The number of rotatable bonds is 4. The number of alkyl halides is 3. The fourth-order valence-electron chi connectivity index (χ4n) is 1.59. The smallest absolute Gasteiger partial charge is 0.405 e. The van der Waals surface area contributed by atoms with E-state index in [0.29, 0.717) is 5.88 Å². The van der Waals surface area contributed by atoms with Crippen LogP contribution in [0.4, 0.5) is 24.7 Å². The molecule has 0 saturated carbocycles. The molecule has 0 saturated heterocycles.